The van der Waals surface area contributed by atoms with E-state index in [0.29, 0.717) is 13.0 Å². The van der Waals surface area contributed by atoms with E-state index in [1.807, 2.05) is 60.7 Å². The summed E-state index contributed by atoms with van der Waals surface area (Å²) < 4.78 is 22.6. The fourth-order valence-corrected chi connectivity index (χ4v) is 3.14. The molecule has 0 aromatic heterocycles. The number of carbonyl (C=O) groups excluding carboxylic acids is 1. The fraction of sp³-hybridized carbons (Fsp3) is 0.278. The summed E-state index contributed by atoms with van der Waals surface area (Å²) in [6.45, 7) is 2.25. The largest absolute Gasteiger partial charge is 0.533 e. The van der Waals surface area contributed by atoms with Crippen molar-refractivity contribution < 1.29 is 18.6 Å². The van der Waals surface area contributed by atoms with Crippen LogP contribution in [-0.4, -0.2) is 18.5 Å². The maximum absolute atomic E-state index is 12.2. The molecule has 5 nitrogen and oxygen atoms in total. The first-order valence-corrected chi connectivity index (χ1v) is 9.04. The van der Waals surface area contributed by atoms with Gasteiger partial charge in [0.2, 0.25) is 0 Å². The number of hydrogen-bond donors (Lipinski definition) is 1. The Morgan fingerprint density at radius 1 is 1.04 bits per heavy atom. The topological polar surface area (TPSA) is 64.6 Å². The molecule has 6 heteroatoms. The smallest absolute Gasteiger partial charge is 0.445 e. The Labute approximate surface area is 142 Å². The maximum atomic E-state index is 12.2. The van der Waals surface area contributed by atoms with Crippen molar-refractivity contribution in [1.82, 2.24) is 5.32 Å². The molecular formula is C18H21NO4P+. The van der Waals surface area contributed by atoms with E-state index in [9.17, 15) is 9.36 Å². The van der Waals surface area contributed by atoms with E-state index in [1.54, 1.807) is 6.92 Å². The van der Waals surface area contributed by atoms with Crippen LogP contribution in [0.2, 0.25) is 0 Å². The van der Waals surface area contributed by atoms with Crippen LogP contribution in [0.4, 0.5) is 4.79 Å². The molecule has 0 aliphatic rings. The molecule has 0 heterocycles. The lowest BCUT2D eigenvalue weighted by atomic mass is 10.1. The number of benzene rings is 2. The number of carbonyl (C=O) groups is 1. The van der Waals surface area contributed by atoms with Crippen LogP contribution in [0.1, 0.15) is 18.1 Å². The molecule has 0 spiro atoms. The normalized spacial score (nSPS) is 12.3. The number of ether oxygens (including phenoxy) is 1. The lowest BCUT2D eigenvalue weighted by Gasteiger charge is -2.10. The number of hydrogen-bond acceptors (Lipinski definition) is 4. The van der Waals surface area contributed by atoms with Gasteiger partial charge in [-0.25, -0.2) is 4.79 Å². The summed E-state index contributed by atoms with van der Waals surface area (Å²) in [4.78, 5) is 12.0. The molecule has 0 bridgehead atoms. The molecule has 2 atom stereocenters. The van der Waals surface area contributed by atoms with Crippen LogP contribution < -0.4 is 5.32 Å². The van der Waals surface area contributed by atoms with Crippen molar-refractivity contribution in [3.8, 4) is 0 Å². The Morgan fingerprint density at radius 3 is 2.21 bits per heavy atom. The Kier molecular flexibility index (Phi) is 7.40. The molecule has 0 saturated carbocycles. The highest BCUT2D eigenvalue weighted by molar-refractivity contribution is 7.40. The van der Waals surface area contributed by atoms with Crippen molar-refractivity contribution in [3.63, 3.8) is 0 Å². The van der Waals surface area contributed by atoms with Crippen molar-refractivity contribution in [1.29, 1.82) is 0 Å². The minimum atomic E-state index is -2.03. The van der Waals surface area contributed by atoms with Gasteiger partial charge in [-0.15, -0.1) is 4.52 Å². The number of alkyl carbamates (subject to hydrolysis) is 1. The second kappa shape index (κ2) is 9.81. The Balaban J connectivity index is 1.93. The van der Waals surface area contributed by atoms with Crippen molar-refractivity contribution in [2.45, 2.75) is 25.7 Å². The van der Waals surface area contributed by atoms with Gasteiger partial charge in [-0.3, -0.25) is 5.32 Å². The van der Waals surface area contributed by atoms with E-state index in [2.05, 4.69) is 5.32 Å². The summed E-state index contributed by atoms with van der Waals surface area (Å²) in [5.74, 6) is -0.634. The first-order valence-electron chi connectivity index (χ1n) is 7.79. The highest BCUT2D eigenvalue weighted by Gasteiger charge is 2.34. The summed E-state index contributed by atoms with van der Waals surface area (Å²) >= 11 is 0. The molecule has 0 fully saturated rings. The molecule has 24 heavy (non-hydrogen) atoms. The summed E-state index contributed by atoms with van der Waals surface area (Å²) in [7, 11) is -2.03. The van der Waals surface area contributed by atoms with Gasteiger partial charge < -0.3 is 4.74 Å². The molecule has 0 saturated heterocycles. The predicted octanol–water partition coefficient (Wildman–Crippen LogP) is 4.26. The van der Waals surface area contributed by atoms with Crippen molar-refractivity contribution in [3.05, 3.63) is 71.8 Å². The van der Waals surface area contributed by atoms with Crippen molar-refractivity contribution in [2.24, 2.45) is 0 Å². The first kappa shape index (κ1) is 18.1. The number of rotatable bonds is 8. The third-order valence-electron chi connectivity index (χ3n) is 3.28. The molecule has 0 aliphatic carbocycles. The van der Waals surface area contributed by atoms with Gasteiger partial charge in [0.1, 0.15) is 6.61 Å². The molecule has 1 unspecified atom stereocenters. The minimum absolute atomic E-state index is 0.163. The van der Waals surface area contributed by atoms with Gasteiger partial charge in [0.25, 0.3) is 5.78 Å². The summed E-state index contributed by atoms with van der Waals surface area (Å²) in [5.41, 5.74) is 1.86. The molecular weight excluding hydrogens is 325 g/mol. The molecule has 126 valence electrons. The Hall–Kier alpha value is -2.23. The Bertz CT molecular complexity index is 649. The van der Waals surface area contributed by atoms with E-state index < -0.39 is 19.9 Å². The van der Waals surface area contributed by atoms with E-state index in [1.165, 1.54) is 0 Å². The Morgan fingerprint density at radius 2 is 1.62 bits per heavy atom. The van der Waals surface area contributed by atoms with Gasteiger partial charge in [0, 0.05) is 6.42 Å². The fourth-order valence-electron chi connectivity index (χ4n) is 2.13. The van der Waals surface area contributed by atoms with Gasteiger partial charge in [0.05, 0.1) is 6.61 Å². The summed E-state index contributed by atoms with van der Waals surface area (Å²) in [5, 5.41) is 2.65. The van der Waals surface area contributed by atoms with Crippen molar-refractivity contribution >= 4 is 14.1 Å². The molecule has 0 aliphatic heterocycles. The third-order valence-corrected chi connectivity index (χ3v) is 4.61. The number of nitrogens with one attached hydrogen (secondary N) is 1. The van der Waals surface area contributed by atoms with Gasteiger partial charge in [-0.1, -0.05) is 60.7 Å². The lowest BCUT2D eigenvalue weighted by Crippen LogP contribution is -2.34. The highest BCUT2D eigenvalue weighted by Crippen LogP contribution is 2.30. The standard InChI is InChI=1S/C18H20NO4P/c1-2-23-24(21)17(13-15-9-5-3-6-10-15)19-18(20)22-14-16-11-7-4-8-12-16/h3-12,17H,2,13-14H2,1H3/p+1/t17-/m1/s1. The van der Waals surface area contributed by atoms with Crippen LogP contribution in [0.5, 0.6) is 0 Å². The van der Waals surface area contributed by atoms with Crippen LogP contribution in [0.3, 0.4) is 0 Å². The van der Waals surface area contributed by atoms with E-state index in [0.717, 1.165) is 11.1 Å². The molecule has 2 aromatic rings. The van der Waals surface area contributed by atoms with Crippen LogP contribution >= 0.6 is 8.03 Å². The first-order chi connectivity index (χ1) is 11.7. The van der Waals surface area contributed by atoms with Crippen LogP contribution in [0.15, 0.2) is 60.7 Å². The summed E-state index contributed by atoms with van der Waals surface area (Å²) in [6.07, 6.45) is -0.195. The SMILES string of the molecule is CCO[P+](=O)[C@H](Cc1ccccc1)NC(=O)OCc1ccccc1. The summed E-state index contributed by atoms with van der Waals surface area (Å²) in [6, 6.07) is 18.9. The molecule has 1 amide bonds. The van der Waals surface area contributed by atoms with Gasteiger partial charge in [-0.05, 0) is 22.6 Å². The quantitative estimate of drug-likeness (QED) is 0.725. The monoisotopic (exact) mass is 346 g/mol. The van der Waals surface area contributed by atoms with E-state index in [4.69, 9.17) is 9.26 Å². The predicted molar refractivity (Wildman–Crippen MR) is 92.9 cm³/mol. The molecule has 0 radical (unpaired) electrons. The zero-order valence-corrected chi connectivity index (χ0v) is 14.4. The third kappa shape index (κ3) is 6.11. The van der Waals surface area contributed by atoms with Gasteiger partial charge in [0.15, 0.2) is 0 Å². The second-order valence-corrected chi connectivity index (χ2v) is 6.57. The van der Waals surface area contributed by atoms with Gasteiger partial charge in [-0.2, -0.15) is 0 Å². The molecule has 2 aromatic carbocycles. The zero-order valence-electron chi connectivity index (χ0n) is 13.6. The van der Waals surface area contributed by atoms with Gasteiger partial charge >= 0.3 is 14.1 Å². The zero-order chi connectivity index (χ0) is 17.2. The minimum Gasteiger partial charge on any atom is -0.445 e. The lowest BCUT2D eigenvalue weighted by molar-refractivity contribution is 0.138. The molecule has 2 rings (SSSR count). The highest BCUT2D eigenvalue weighted by atomic mass is 31.1. The molecule has 1 N–H and O–H groups in total. The second-order valence-electron chi connectivity index (χ2n) is 5.11. The number of amides is 1. The average molecular weight is 346 g/mol. The van der Waals surface area contributed by atoms with Crippen LogP contribution in [0.25, 0.3) is 0 Å². The van der Waals surface area contributed by atoms with Crippen LogP contribution in [0, 0.1) is 0 Å². The average Bonchev–Trinajstić information content (AvgIpc) is 2.61. The van der Waals surface area contributed by atoms with E-state index in [-0.39, 0.29) is 6.61 Å². The van der Waals surface area contributed by atoms with Crippen molar-refractivity contribution in [2.75, 3.05) is 6.61 Å². The maximum Gasteiger partial charge on any atom is 0.533 e. The van der Waals surface area contributed by atoms with Crippen LogP contribution in [-0.2, 0) is 26.9 Å². The van der Waals surface area contributed by atoms with E-state index >= 15 is 0 Å².